The molecule has 0 aromatic carbocycles. The first kappa shape index (κ1) is 11.1. The van der Waals surface area contributed by atoms with Crippen LogP contribution in [0.1, 0.15) is 26.7 Å². The molecule has 1 aliphatic heterocycles. The smallest absolute Gasteiger partial charge is 0.381 e. The van der Waals surface area contributed by atoms with Crippen LogP contribution in [0.5, 0.6) is 0 Å². The van der Waals surface area contributed by atoms with E-state index in [0.717, 1.165) is 26.1 Å². The minimum Gasteiger partial charge on any atom is -0.472 e. The molecule has 1 saturated heterocycles. The fourth-order valence-corrected chi connectivity index (χ4v) is 1.74. The summed E-state index contributed by atoms with van der Waals surface area (Å²) in [4.78, 5) is 10.3. The van der Waals surface area contributed by atoms with E-state index < -0.39 is 5.97 Å². The molecule has 0 radical (unpaired) electrons. The van der Waals surface area contributed by atoms with E-state index in [2.05, 4.69) is 11.8 Å². The molecule has 0 unspecified atom stereocenters. The molecule has 1 aliphatic rings. The fraction of sp³-hybridized carbons (Fsp3) is 0.727. The zero-order valence-corrected chi connectivity index (χ0v) is 8.67. The molecular weight excluding hydrogens is 180 g/mol. The van der Waals surface area contributed by atoms with Crippen molar-refractivity contribution in [3.8, 4) is 11.8 Å². The van der Waals surface area contributed by atoms with Crippen molar-refractivity contribution >= 4 is 5.97 Å². The van der Waals surface area contributed by atoms with E-state index in [1.165, 1.54) is 0 Å². The molecule has 0 spiro atoms. The molecular formula is C11H16O3. The maximum absolute atomic E-state index is 10.3. The first-order valence-corrected chi connectivity index (χ1v) is 4.86. The summed E-state index contributed by atoms with van der Waals surface area (Å²) in [6, 6.07) is 0. The second-order valence-electron chi connectivity index (χ2n) is 4.16. The molecule has 1 N–H and O–H groups in total. The lowest BCUT2D eigenvalue weighted by Crippen LogP contribution is -2.28. The van der Waals surface area contributed by atoms with E-state index in [4.69, 9.17) is 9.84 Å². The highest BCUT2D eigenvalue weighted by atomic mass is 16.5. The maximum atomic E-state index is 10.3. The minimum absolute atomic E-state index is 0.220. The summed E-state index contributed by atoms with van der Waals surface area (Å²) in [5, 5.41) is 8.48. The van der Waals surface area contributed by atoms with Crippen molar-refractivity contribution in [2.24, 2.45) is 11.3 Å². The summed E-state index contributed by atoms with van der Waals surface area (Å²) in [6.45, 7) is 5.53. The Morgan fingerprint density at radius 3 is 2.50 bits per heavy atom. The predicted octanol–water partition coefficient (Wildman–Crippen LogP) is 1.53. The van der Waals surface area contributed by atoms with Gasteiger partial charge in [0.2, 0.25) is 0 Å². The number of hydrogen-bond acceptors (Lipinski definition) is 2. The van der Waals surface area contributed by atoms with E-state index >= 15 is 0 Å². The number of carboxylic acid groups (broad SMARTS) is 1. The molecule has 0 amide bonds. The molecule has 14 heavy (non-hydrogen) atoms. The molecule has 1 rings (SSSR count). The van der Waals surface area contributed by atoms with Gasteiger partial charge in [0, 0.05) is 24.5 Å². The Morgan fingerprint density at radius 2 is 2.00 bits per heavy atom. The summed E-state index contributed by atoms with van der Waals surface area (Å²) in [7, 11) is 0. The second kappa shape index (κ2) is 4.47. The van der Waals surface area contributed by atoms with Gasteiger partial charge in [-0.15, -0.1) is 0 Å². The Morgan fingerprint density at radius 1 is 1.43 bits per heavy atom. The lowest BCUT2D eigenvalue weighted by Gasteiger charge is -2.32. The van der Waals surface area contributed by atoms with E-state index in [9.17, 15) is 4.79 Å². The first-order chi connectivity index (χ1) is 6.52. The monoisotopic (exact) mass is 196 g/mol. The zero-order valence-electron chi connectivity index (χ0n) is 8.67. The van der Waals surface area contributed by atoms with Gasteiger partial charge in [0.05, 0.1) is 0 Å². The Balaban J connectivity index is 2.64. The van der Waals surface area contributed by atoms with Crippen LogP contribution < -0.4 is 0 Å². The van der Waals surface area contributed by atoms with Crippen LogP contribution >= 0.6 is 0 Å². The van der Waals surface area contributed by atoms with Gasteiger partial charge in [-0.3, -0.25) is 0 Å². The van der Waals surface area contributed by atoms with E-state index in [1.807, 2.05) is 13.8 Å². The lowest BCUT2D eigenvalue weighted by molar-refractivity contribution is -0.130. The third-order valence-corrected chi connectivity index (χ3v) is 2.73. The summed E-state index contributed by atoms with van der Waals surface area (Å²) in [5.74, 6) is 4.43. The van der Waals surface area contributed by atoms with Crippen LogP contribution in [0.4, 0.5) is 0 Å². The summed E-state index contributed by atoms with van der Waals surface area (Å²) < 4.78 is 5.26. The van der Waals surface area contributed by atoms with Crippen LogP contribution in [0.25, 0.3) is 0 Å². The Kier molecular flexibility index (Phi) is 3.54. The van der Waals surface area contributed by atoms with Crippen LogP contribution in [0.2, 0.25) is 0 Å². The molecule has 0 saturated carbocycles. The highest BCUT2D eigenvalue weighted by Gasteiger charge is 2.29. The van der Waals surface area contributed by atoms with Crippen LogP contribution in [-0.2, 0) is 9.53 Å². The van der Waals surface area contributed by atoms with Crippen LogP contribution in [0.3, 0.4) is 0 Å². The normalized spacial score (nSPS) is 18.4. The summed E-state index contributed by atoms with van der Waals surface area (Å²) >= 11 is 0. The molecule has 78 valence electrons. The van der Waals surface area contributed by atoms with Gasteiger partial charge in [-0.2, -0.15) is 0 Å². The number of carbonyl (C=O) groups is 1. The van der Waals surface area contributed by atoms with E-state index in [0.29, 0.717) is 5.92 Å². The van der Waals surface area contributed by atoms with Crippen molar-refractivity contribution in [2.75, 3.05) is 13.2 Å². The van der Waals surface area contributed by atoms with Crippen molar-refractivity contribution in [1.82, 2.24) is 0 Å². The third kappa shape index (κ3) is 3.04. The van der Waals surface area contributed by atoms with E-state index in [-0.39, 0.29) is 5.41 Å². The quantitative estimate of drug-likeness (QED) is 0.647. The topological polar surface area (TPSA) is 46.5 Å². The van der Waals surface area contributed by atoms with Gasteiger partial charge in [-0.25, -0.2) is 4.79 Å². The Bertz CT molecular complexity index is 264. The molecule has 0 aromatic heterocycles. The SMILES string of the molecule is CC(C)(C#CC(=O)O)C1CCOCC1. The average molecular weight is 196 g/mol. The number of aliphatic carboxylic acids is 1. The number of rotatable bonds is 1. The average Bonchev–Trinajstić information content (AvgIpc) is 2.16. The van der Waals surface area contributed by atoms with Crippen molar-refractivity contribution in [3.05, 3.63) is 0 Å². The second-order valence-corrected chi connectivity index (χ2v) is 4.16. The van der Waals surface area contributed by atoms with Crippen molar-refractivity contribution in [1.29, 1.82) is 0 Å². The van der Waals surface area contributed by atoms with Crippen molar-refractivity contribution in [3.63, 3.8) is 0 Å². The third-order valence-electron chi connectivity index (χ3n) is 2.73. The summed E-state index contributed by atoms with van der Waals surface area (Å²) in [5.41, 5.74) is -0.220. The number of ether oxygens (including phenoxy) is 1. The van der Waals surface area contributed by atoms with Crippen molar-refractivity contribution in [2.45, 2.75) is 26.7 Å². The minimum atomic E-state index is -1.05. The van der Waals surface area contributed by atoms with Gasteiger partial charge in [0.25, 0.3) is 0 Å². The highest BCUT2D eigenvalue weighted by Crippen LogP contribution is 2.33. The fourth-order valence-electron chi connectivity index (χ4n) is 1.74. The highest BCUT2D eigenvalue weighted by molar-refractivity contribution is 5.86. The molecule has 0 aliphatic carbocycles. The van der Waals surface area contributed by atoms with Crippen molar-refractivity contribution < 1.29 is 14.6 Å². The lowest BCUT2D eigenvalue weighted by atomic mass is 9.75. The first-order valence-electron chi connectivity index (χ1n) is 4.86. The largest absolute Gasteiger partial charge is 0.472 e. The predicted molar refractivity (Wildman–Crippen MR) is 52.7 cm³/mol. The standard InChI is InChI=1S/C11H16O3/c1-11(2,6-3-10(12)13)9-4-7-14-8-5-9/h9H,4-5,7-8H2,1-2H3,(H,12,13). The van der Waals surface area contributed by atoms with Crippen LogP contribution in [0, 0.1) is 23.2 Å². The van der Waals surface area contributed by atoms with Gasteiger partial charge in [-0.1, -0.05) is 5.92 Å². The van der Waals surface area contributed by atoms with Gasteiger partial charge in [0.15, 0.2) is 0 Å². The van der Waals surface area contributed by atoms with Gasteiger partial charge in [-0.05, 0) is 32.6 Å². The molecule has 0 atom stereocenters. The molecule has 1 fully saturated rings. The summed E-state index contributed by atoms with van der Waals surface area (Å²) in [6.07, 6.45) is 1.95. The number of carboxylic acids is 1. The van der Waals surface area contributed by atoms with E-state index in [1.54, 1.807) is 0 Å². The molecule has 3 nitrogen and oxygen atoms in total. The molecule has 0 aromatic rings. The number of hydrogen-bond donors (Lipinski definition) is 1. The van der Waals surface area contributed by atoms with Crippen LogP contribution in [0.15, 0.2) is 0 Å². The van der Waals surface area contributed by atoms with Gasteiger partial charge < -0.3 is 9.84 Å². The maximum Gasteiger partial charge on any atom is 0.381 e. The molecule has 0 bridgehead atoms. The van der Waals surface area contributed by atoms with Gasteiger partial charge >= 0.3 is 5.97 Å². The Labute approximate surface area is 84.5 Å². The Hall–Kier alpha value is -1.01. The zero-order chi connectivity index (χ0) is 10.6. The molecule has 1 heterocycles. The van der Waals surface area contributed by atoms with Crippen LogP contribution in [-0.4, -0.2) is 24.3 Å². The molecule has 3 heteroatoms. The van der Waals surface area contributed by atoms with Gasteiger partial charge in [0.1, 0.15) is 0 Å².